The zero-order valence-electron chi connectivity index (χ0n) is 29.8. The average molecular weight is 706 g/mol. The molecule has 5 fully saturated rings. The Bertz CT molecular complexity index is 1850. The molecule has 1 aromatic carbocycles. The van der Waals surface area contributed by atoms with E-state index in [1.165, 1.54) is 6.07 Å². The molecule has 5 aliphatic rings. The van der Waals surface area contributed by atoms with Crippen LogP contribution >= 0.6 is 0 Å². The minimum absolute atomic E-state index is 0.0394. The fraction of sp³-hybridized carbons (Fsp3) is 0.641. The highest BCUT2D eigenvalue weighted by Crippen LogP contribution is 2.88. The van der Waals surface area contributed by atoms with Crippen molar-refractivity contribution in [1.82, 2.24) is 14.6 Å². The van der Waals surface area contributed by atoms with Crippen molar-refractivity contribution in [1.29, 1.82) is 0 Å². The Morgan fingerprint density at radius 2 is 1.78 bits per heavy atom. The second-order valence-electron chi connectivity index (χ2n) is 16.8. The molecule has 1 aromatic heterocycles. The van der Waals surface area contributed by atoms with Crippen molar-refractivity contribution in [3.05, 3.63) is 43.1 Å². The Labute approximate surface area is 295 Å². The van der Waals surface area contributed by atoms with E-state index in [9.17, 15) is 27.6 Å². The largest absolute Gasteiger partial charge is 0.462 e. The molecule has 2 aromatic rings. The van der Waals surface area contributed by atoms with Crippen molar-refractivity contribution in [2.45, 2.75) is 115 Å². The van der Waals surface area contributed by atoms with E-state index in [0.29, 0.717) is 30.3 Å². The summed E-state index contributed by atoms with van der Waals surface area (Å²) in [6.07, 6.45) is 10.7. The third-order valence-corrected chi connectivity index (χ3v) is 15.4. The number of sulfonamides is 1. The number of amides is 2. The van der Waals surface area contributed by atoms with Crippen molar-refractivity contribution in [2.24, 2.45) is 39.4 Å². The third-order valence-electron chi connectivity index (χ3n) is 14.0. The number of allylic oxidation sites excluding steroid dienone is 1. The Morgan fingerprint density at radius 3 is 2.38 bits per heavy atom. The topological polar surface area (TPSA) is 143 Å². The predicted molar refractivity (Wildman–Crippen MR) is 188 cm³/mol. The fourth-order valence-electron chi connectivity index (χ4n) is 10.5. The normalized spacial score (nSPS) is 30.0. The number of benzene rings is 1. The summed E-state index contributed by atoms with van der Waals surface area (Å²) < 4.78 is 35.2. The van der Waals surface area contributed by atoms with Crippen LogP contribution in [0.2, 0.25) is 0 Å². The van der Waals surface area contributed by atoms with E-state index in [1.807, 2.05) is 13.8 Å². The Morgan fingerprint density at radius 1 is 1.06 bits per heavy atom. The van der Waals surface area contributed by atoms with E-state index in [2.05, 4.69) is 30.1 Å². The lowest BCUT2D eigenvalue weighted by Crippen LogP contribution is -2.47. The maximum atomic E-state index is 14.6. The molecule has 1 saturated heterocycles. The number of ketones is 1. The lowest BCUT2D eigenvalue weighted by atomic mass is 9.73. The number of rotatable bonds is 12. The van der Waals surface area contributed by atoms with Crippen LogP contribution in [0.25, 0.3) is 10.9 Å². The van der Waals surface area contributed by atoms with Crippen LogP contribution in [0.15, 0.2) is 48.0 Å². The molecular weight excluding hydrogens is 655 g/mol. The van der Waals surface area contributed by atoms with Gasteiger partial charge in [-0.25, -0.2) is 13.1 Å². The molecule has 0 bridgehead atoms. The highest BCUT2D eigenvalue weighted by atomic mass is 32.2. The summed E-state index contributed by atoms with van der Waals surface area (Å²) in [4.78, 5) is 60.8. The van der Waals surface area contributed by atoms with Gasteiger partial charge < -0.3 is 14.6 Å². The molecule has 50 heavy (non-hydrogen) atoms. The second-order valence-corrected chi connectivity index (χ2v) is 18.4. The number of H-pyrrole nitrogens is 1. The molecular formula is C39H51N3O7S. The molecule has 4 aliphatic carbocycles. The molecule has 0 radical (unpaired) electrons. The van der Waals surface area contributed by atoms with E-state index >= 15 is 0 Å². The van der Waals surface area contributed by atoms with Crippen LogP contribution in [0.4, 0.5) is 0 Å². The number of likely N-dealkylation sites (tertiary alicyclic amines) is 1. The van der Waals surface area contributed by atoms with Gasteiger partial charge in [-0.15, -0.1) is 6.58 Å². The molecule has 11 heteroatoms. The Kier molecular flexibility index (Phi) is 8.43. The third kappa shape index (κ3) is 5.19. The maximum Gasteiger partial charge on any atom is 0.306 e. The molecule has 10 nitrogen and oxygen atoms in total. The zero-order valence-corrected chi connectivity index (χ0v) is 30.6. The first-order chi connectivity index (χ1) is 23.6. The number of nitrogens with one attached hydrogen (secondary N) is 2. The van der Waals surface area contributed by atoms with Crippen LogP contribution in [0.5, 0.6) is 0 Å². The molecule has 2 heterocycles. The average Bonchev–Trinajstić information content (AvgIpc) is 3.44. The van der Waals surface area contributed by atoms with Crippen LogP contribution in [-0.2, 0) is 33.9 Å². The number of aromatic amines is 1. The van der Waals surface area contributed by atoms with Crippen molar-refractivity contribution in [2.75, 3.05) is 6.54 Å². The molecule has 2 N–H and O–H groups in total. The summed E-state index contributed by atoms with van der Waals surface area (Å²) in [6.45, 7) is 12.7. The molecule has 1 aliphatic heterocycles. The lowest BCUT2D eigenvalue weighted by molar-refractivity contribution is -0.155. The van der Waals surface area contributed by atoms with Gasteiger partial charge in [0.25, 0.3) is 10.0 Å². The molecule has 0 unspecified atom stereocenters. The van der Waals surface area contributed by atoms with Crippen molar-refractivity contribution in [3.63, 3.8) is 0 Å². The minimum Gasteiger partial charge on any atom is -0.462 e. The molecule has 270 valence electrons. The van der Waals surface area contributed by atoms with Gasteiger partial charge in [0.1, 0.15) is 11.0 Å². The second kappa shape index (κ2) is 12.1. The molecule has 4 saturated carbocycles. The minimum atomic E-state index is -4.27. The van der Waals surface area contributed by atoms with Crippen LogP contribution in [0.3, 0.4) is 0 Å². The number of hydrogen-bond acceptors (Lipinski definition) is 7. The van der Waals surface area contributed by atoms with Crippen LogP contribution in [-0.4, -0.2) is 60.6 Å². The molecule has 2 amide bonds. The zero-order chi connectivity index (χ0) is 35.9. The number of fused-ring (bicyclic) bond motifs is 2. The smallest absolute Gasteiger partial charge is 0.306 e. The summed E-state index contributed by atoms with van der Waals surface area (Å²) in [5.74, 6) is -2.75. The SMILES string of the molecule is C=C[C@@H]1C[C@]1(CC(=O)[C@@H]1C[C@@]2(CN1C(=O)[C@@H](CC(=O)OC1CCCC1)C(C)C)C(C)(C)C21CCC1)C(=O)NS(=O)(=O)c1cccc2cc[nH]c12. The predicted octanol–water partition coefficient (Wildman–Crippen LogP) is 6.07. The monoisotopic (exact) mass is 705 g/mol. The van der Waals surface area contributed by atoms with Gasteiger partial charge in [0.15, 0.2) is 5.78 Å². The van der Waals surface area contributed by atoms with Crippen LogP contribution in [0.1, 0.15) is 98.3 Å². The number of nitrogens with zero attached hydrogens (tertiary/aromatic N) is 1. The molecule has 7 rings (SSSR count). The van der Waals surface area contributed by atoms with Gasteiger partial charge in [-0.1, -0.05) is 52.3 Å². The summed E-state index contributed by atoms with van der Waals surface area (Å²) in [5.41, 5.74) is -1.12. The number of hydrogen-bond donors (Lipinski definition) is 2. The number of carbonyl (C=O) groups excluding carboxylic acids is 4. The van der Waals surface area contributed by atoms with Gasteiger partial charge in [0, 0.05) is 30.0 Å². The summed E-state index contributed by atoms with van der Waals surface area (Å²) >= 11 is 0. The summed E-state index contributed by atoms with van der Waals surface area (Å²) in [7, 11) is -4.27. The maximum absolute atomic E-state index is 14.6. The number of para-hydroxylation sites is 1. The van der Waals surface area contributed by atoms with Gasteiger partial charge in [-0.2, -0.15) is 0 Å². The number of Topliss-reactive ketones (excluding diaryl/α,β-unsaturated/α-hetero) is 1. The first-order valence-electron chi connectivity index (χ1n) is 18.4. The summed E-state index contributed by atoms with van der Waals surface area (Å²) in [5, 5.41) is 0.694. The van der Waals surface area contributed by atoms with Crippen molar-refractivity contribution in [3.8, 4) is 0 Å². The number of esters is 1. The number of carbonyl (C=O) groups is 4. The number of aromatic nitrogens is 1. The Hall–Kier alpha value is -3.47. The standard InChI is InChI=1S/C39H51N3O7S/c1-6-26-20-37(26,35(46)41-50(47,48)31-14-9-11-25-15-18-40-33(25)31)22-30(43)29-21-39(36(4,5)38(39)16-10-17-38)23-42(29)34(45)28(24(2)3)19-32(44)49-27-12-7-8-13-27/h6,9,11,14-15,18,24,26-29,40H,1,7-8,10,12-13,16-17,19-23H2,2-5H3,(H,41,46)/t26-,28+,29+,37-,39-/m1/s1. The van der Waals surface area contributed by atoms with Crippen molar-refractivity contribution >= 4 is 44.5 Å². The van der Waals surface area contributed by atoms with E-state index in [1.54, 1.807) is 35.4 Å². The first kappa shape index (κ1) is 35.0. The van der Waals surface area contributed by atoms with E-state index in [-0.39, 0.29) is 69.6 Å². The van der Waals surface area contributed by atoms with Gasteiger partial charge >= 0.3 is 5.97 Å². The Balaban J connectivity index is 1.14. The quantitative estimate of drug-likeness (QED) is 0.202. The lowest BCUT2D eigenvalue weighted by Gasteiger charge is -2.32. The molecule has 2 spiro atoms. The fourth-order valence-corrected chi connectivity index (χ4v) is 11.8. The molecule has 5 atom stereocenters. The van der Waals surface area contributed by atoms with E-state index < -0.39 is 33.3 Å². The first-order valence-corrected chi connectivity index (χ1v) is 19.9. The highest BCUT2D eigenvalue weighted by molar-refractivity contribution is 7.90. The van der Waals surface area contributed by atoms with E-state index in [0.717, 1.165) is 44.9 Å². The van der Waals surface area contributed by atoms with Crippen LogP contribution < -0.4 is 4.72 Å². The van der Waals surface area contributed by atoms with Gasteiger partial charge in [0.2, 0.25) is 11.8 Å². The number of ether oxygens (including phenoxy) is 1. The highest BCUT2D eigenvalue weighted by Gasteiger charge is 2.85. The van der Waals surface area contributed by atoms with Gasteiger partial charge in [-0.3, -0.25) is 19.2 Å². The van der Waals surface area contributed by atoms with Gasteiger partial charge in [0.05, 0.1) is 29.3 Å². The van der Waals surface area contributed by atoms with E-state index in [4.69, 9.17) is 4.74 Å². The van der Waals surface area contributed by atoms with Gasteiger partial charge in [-0.05, 0) is 86.2 Å². The van der Waals surface area contributed by atoms with Crippen LogP contribution in [0, 0.1) is 39.4 Å². The van der Waals surface area contributed by atoms with Crippen molar-refractivity contribution < 1.29 is 32.3 Å². The summed E-state index contributed by atoms with van der Waals surface area (Å²) in [6, 6.07) is 5.82.